The van der Waals surface area contributed by atoms with Crippen LogP contribution in [-0.2, 0) is 27.2 Å². The fourth-order valence-electron chi connectivity index (χ4n) is 4.48. The van der Waals surface area contributed by atoms with Crippen LogP contribution in [0.1, 0.15) is 51.6 Å². The molecular weight excluding hydrogens is 606 g/mol. The first-order chi connectivity index (χ1) is 21.4. The number of allylic oxidation sites excluding steroid dienone is 1. The maximum Gasteiger partial charge on any atom is 0.326 e. The van der Waals surface area contributed by atoms with E-state index in [2.05, 4.69) is 21.3 Å². The summed E-state index contributed by atoms with van der Waals surface area (Å²) in [5.41, 5.74) is 1.38. The molecular formula is C32H32F2N4O6S. The zero-order valence-corrected chi connectivity index (χ0v) is 25.5. The molecule has 0 bridgehead atoms. The predicted molar refractivity (Wildman–Crippen MR) is 163 cm³/mol. The summed E-state index contributed by atoms with van der Waals surface area (Å²) in [5, 5.41) is 20.2. The summed E-state index contributed by atoms with van der Waals surface area (Å²) in [6.07, 6.45) is 1.62. The Morgan fingerprint density at radius 3 is 1.98 bits per heavy atom. The van der Waals surface area contributed by atoms with Gasteiger partial charge in [-0.1, -0.05) is 24.3 Å². The van der Waals surface area contributed by atoms with Gasteiger partial charge in [0.2, 0.25) is 0 Å². The molecule has 0 unspecified atom stereocenters. The fraction of sp³-hybridized carbons (Fsp3) is 0.250. The van der Waals surface area contributed by atoms with Crippen molar-refractivity contribution < 1.29 is 37.6 Å². The van der Waals surface area contributed by atoms with Crippen LogP contribution < -0.4 is 21.3 Å². The number of aliphatic carboxylic acids is 1. The van der Waals surface area contributed by atoms with Gasteiger partial charge in [0, 0.05) is 61.1 Å². The predicted octanol–water partition coefficient (Wildman–Crippen LogP) is 3.15. The normalized spacial score (nSPS) is 14.4. The summed E-state index contributed by atoms with van der Waals surface area (Å²) in [5.74, 6) is -5.97. The third-order valence-corrected chi connectivity index (χ3v) is 8.55. The molecule has 1 saturated carbocycles. The van der Waals surface area contributed by atoms with Gasteiger partial charge in [-0.25, -0.2) is 13.6 Å². The second-order valence-corrected chi connectivity index (χ2v) is 11.9. The Bertz CT molecular complexity index is 1620. The van der Waals surface area contributed by atoms with Gasteiger partial charge in [0.1, 0.15) is 23.2 Å². The molecule has 3 aromatic rings. The molecule has 0 saturated heterocycles. The van der Waals surface area contributed by atoms with Crippen molar-refractivity contribution in [2.45, 2.75) is 48.1 Å². The maximum absolute atomic E-state index is 15.0. The molecule has 3 aromatic carbocycles. The smallest absolute Gasteiger partial charge is 0.326 e. The van der Waals surface area contributed by atoms with Crippen molar-refractivity contribution in [3.63, 3.8) is 0 Å². The maximum atomic E-state index is 15.0. The number of nitrogens with one attached hydrogen (secondary N) is 4. The molecule has 1 aliphatic rings. The lowest BCUT2D eigenvalue weighted by Gasteiger charge is -2.17. The summed E-state index contributed by atoms with van der Waals surface area (Å²) in [7, 11) is 3.16. The topological polar surface area (TPSA) is 160 Å². The Labute approximate surface area is 261 Å². The van der Waals surface area contributed by atoms with Crippen LogP contribution in [0.25, 0.3) is 5.57 Å². The number of carbonyl (C=O) groups is 4. The third kappa shape index (κ3) is 8.05. The van der Waals surface area contributed by atoms with Crippen molar-refractivity contribution in [1.82, 2.24) is 21.3 Å². The molecule has 1 aliphatic carbocycles. The number of amides is 3. The monoisotopic (exact) mass is 638 g/mol. The number of halogens is 2. The lowest BCUT2D eigenvalue weighted by Crippen LogP contribution is -2.43. The van der Waals surface area contributed by atoms with E-state index in [0.29, 0.717) is 28.0 Å². The van der Waals surface area contributed by atoms with E-state index < -0.39 is 46.3 Å². The second-order valence-electron chi connectivity index (χ2n) is 10.4. The SMILES string of the molecule is CNC(=O)/C(=C(/C)NC)c1ccc(C[C@H](NC(=O)c2c(F)cc([S@@+]([O-])c3ccc(C(=O)NC4CC4)cc3)cc2F)C(=O)O)cc1. The third-order valence-electron chi connectivity index (χ3n) is 7.19. The highest BCUT2D eigenvalue weighted by Gasteiger charge is 2.29. The van der Waals surface area contributed by atoms with Gasteiger partial charge in [0.25, 0.3) is 17.7 Å². The molecule has 0 spiro atoms. The van der Waals surface area contributed by atoms with Crippen molar-refractivity contribution in [3.05, 3.63) is 100 Å². The average Bonchev–Trinajstić information content (AvgIpc) is 3.84. The summed E-state index contributed by atoms with van der Waals surface area (Å²) in [6.45, 7) is 1.73. The van der Waals surface area contributed by atoms with E-state index in [1.54, 1.807) is 38.2 Å². The summed E-state index contributed by atoms with van der Waals surface area (Å²) in [6, 6.07) is 12.3. The molecule has 10 nitrogen and oxygen atoms in total. The van der Waals surface area contributed by atoms with Gasteiger partial charge in [0.05, 0.1) is 5.57 Å². The van der Waals surface area contributed by atoms with E-state index in [1.165, 1.54) is 31.3 Å². The zero-order valence-electron chi connectivity index (χ0n) is 24.7. The Morgan fingerprint density at radius 1 is 0.889 bits per heavy atom. The van der Waals surface area contributed by atoms with E-state index in [0.717, 1.165) is 25.0 Å². The Hall–Kier alpha value is -4.75. The van der Waals surface area contributed by atoms with Gasteiger partial charge in [0.15, 0.2) is 9.79 Å². The van der Waals surface area contributed by atoms with E-state index in [9.17, 15) is 28.8 Å². The first-order valence-corrected chi connectivity index (χ1v) is 15.1. The van der Waals surface area contributed by atoms with Crippen molar-refractivity contribution in [3.8, 4) is 0 Å². The standard InChI is InChI=1S/C32H32F2N4O6S/c1-17(35-2)27(30(40)36-3)19-6-4-18(5-7-19)14-26(32(42)43)38-31(41)28-24(33)15-23(16-25(28)34)45(44)22-12-8-20(9-13-22)29(39)37-21-10-11-21/h4-9,12-13,15-16,21,26,35H,10-11,14H2,1-3H3,(H,36,40)(H,37,39)(H,38,41)(H,42,43)/b27-17-/t26-,45-/m0/s1. The van der Waals surface area contributed by atoms with Crippen LogP contribution in [0.5, 0.6) is 0 Å². The highest BCUT2D eigenvalue weighted by molar-refractivity contribution is 7.91. The van der Waals surface area contributed by atoms with Crippen molar-refractivity contribution in [2.24, 2.45) is 0 Å². The lowest BCUT2D eigenvalue weighted by molar-refractivity contribution is -0.139. The number of carbonyl (C=O) groups excluding carboxylic acids is 3. The molecule has 0 radical (unpaired) electrons. The Morgan fingerprint density at radius 2 is 1.47 bits per heavy atom. The molecule has 5 N–H and O–H groups in total. The summed E-state index contributed by atoms with van der Waals surface area (Å²) >= 11 is -2.04. The van der Waals surface area contributed by atoms with Crippen molar-refractivity contribution in [2.75, 3.05) is 14.1 Å². The van der Waals surface area contributed by atoms with Crippen LogP contribution in [0.4, 0.5) is 8.78 Å². The van der Waals surface area contributed by atoms with Crippen LogP contribution in [-0.4, -0.2) is 59.5 Å². The fourth-order valence-corrected chi connectivity index (χ4v) is 5.55. The van der Waals surface area contributed by atoms with Gasteiger partial charge in [-0.2, -0.15) is 0 Å². The van der Waals surface area contributed by atoms with Gasteiger partial charge in [-0.15, -0.1) is 0 Å². The molecule has 1 fully saturated rings. The highest BCUT2D eigenvalue weighted by Crippen LogP contribution is 2.26. The van der Waals surface area contributed by atoms with Gasteiger partial charge in [-0.3, -0.25) is 14.4 Å². The number of hydrogen-bond acceptors (Lipinski definition) is 6. The molecule has 0 heterocycles. The van der Waals surface area contributed by atoms with Crippen LogP contribution >= 0.6 is 0 Å². The number of carboxylic acid groups (broad SMARTS) is 1. The first kappa shape index (κ1) is 33.1. The molecule has 0 aromatic heterocycles. The molecule has 236 valence electrons. The largest absolute Gasteiger partial charge is 0.606 e. The highest BCUT2D eigenvalue weighted by atomic mass is 32.2. The van der Waals surface area contributed by atoms with E-state index >= 15 is 8.78 Å². The molecule has 45 heavy (non-hydrogen) atoms. The zero-order chi connectivity index (χ0) is 32.8. The summed E-state index contributed by atoms with van der Waals surface area (Å²) < 4.78 is 43.1. The van der Waals surface area contributed by atoms with E-state index in [4.69, 9.17) is 0 Å². The van der Waals surface area contributed by atoms with Crippen molar-refractivity contribution >= 4 is 40.4 Å². The minimum atomic E-state index is -2.04. The van der Waals surface area contributed by atoms with E-state index in [1.807, 2.05) is 0 Å². The summed E-state index contributed by atoms with van der Waals surface area (Å²) in [4.78, 5) is 49.3. The first-order valence-electron chi connectivity index (χ1n) is 14.0. The lowest BCUT2D eigenvalue weighted by atomic mass is 9.98. The van der Waals surface area contributed by atoms with Gasteiger partial charge in [-0.05, 0) is 55.2 Å². The quantitative estimate of drug-likeness (QED) is 0.151. The molecule has 4 rings (SSSR count). The molecule has 3 amide bonds. The number of hydrogen-bond donors (Lipinski definition) is 5. The van der Waals surface area contributed by atoms with Gasteiger partial charge >= 0.3 is 5.97 Å². The molecule has 2 atom stereocenters. The average molecular weight is 639 g/mol. The minimum Gasteiger partial charge on any atom is -0.606 e. The van der Waals surface area contributed by atoms with Gasteiger partial charge < -0.3 is 30.9 Å². The Balaban J connectivity index is 1.47. The second kappa shape index (κ2) is 14.4. The van der Waals surface area contributed by atoms with E-state index in [-0.39, 0.29) is 34.1 Å². The van der Waals surface area contributed by atoms with Crippen molar-refractivity contribution in [1.29, 1.82) is 0 Å². The Kier molecular flexibility index (Phi) is 10.6. The number of benzene rings is 3. The van der Waals surface area contributed by atoms with Crippen LogP contribution in [0, 0.1) is 11.6 Å². The van der Waals surface area contributed by atoms with Crippen LogP contribution in [0.15, 0.2) is 76.2 Å². The molecule has 13 heteroatoms. The minimum absolute atomic E-state index is 0.158. The van der Waals surface area contributed by atoms with Crippen LogP contribution in [0.3, 0.4) is 0 Å². The number of carboxylic acids is 1. The van der Waals surface area contributed by atoms with Crippen LogP contribution in [0.2, 0.25) is 0 Å². The number of likely N-dealkylation sites (N-methyl/N-ethyl adjacent to an activating group) is 1. The molecule has 0 aliphatic heterocycles. The number of rotatable bonds is 12.